The Morgan fingerprint density at radius 1 is 1.60 bits per heavy atom. The highest BCUT2D eigenvalue weighted by atomic mass is 16.3. The highest BCUT2D eigenvalue weighted by Gasteiger charge is 2.30. The van der Waals surface area contributed by atoms with Gasteiger partial charge in [0.05, 0.1) is 12.6 Å². The number of likely N-dealkylation sites (N-methyl/N-ethyl adjacent to an activating group) is 1. The van der Waals surface area contributed by atoms with Crippen molar-refractivity contribution in [3.63, 3.8) is 0 Å². The second-order valence-electron chi connectivity index (χ2n) is 4.45. The van der Waals surface area contributed by atoms with E-state index in [9.17, 15) is 9.90 Å². The van der Waals surface area contributed by atoms with Crippen molar-refractivity contribution in [1.29, 1.82) is 0 Å². The Bertz CT molecular complexity index is 205. The average molecular weight is 214 g/mol. The molecule has 0 heterocycles. The van der Waals surface area contributed by atoms with E-state index >= 15 is 0 Å². The van der Waals surface area contributed by atoms with E-state index < -0.39 is 0 Å². The lowest BCUT2D eigenvalue weighted by Gasteiger charge is -2.19. The van der Waals surface area contributed by atoms with Gasteiger partial charge in [0.25, 0.3) is 0 Å². The van der Waals surface area contributed by atoms with Gasteiger partial charge in [-0.2, -0.15) is 0 Å². The Morgan fingerprint density at radius 3 is 2.80 bits per heavy atom. The van der Waals surface area contributed by atoms with Crippen molar-refractivity contribution in [2.45, 2.75) is 32.3 Å². The second-order valence-corrected chi connectivity index (χ2v) is 4.45. The number of aliphatic hydroxyl groups excluding tert-OH is 1. The van der Waals surface area contributed by atoms with Gasteiger partial charge >= 0.3 is 0 Å². The molecule has 1 rings (SSSR count). The molecule has 4 nitrogen and oxygen atoms in total. The first-order valence-electron chi connectivity index (χ1n) is 5.76. The van der Waals surface area contributed by atoms with Crippen LogP contribution in [0.25, 0.3) is 0 Å². The number of nitrogens with one attached hydrogen (secondary N) is 1. The number of hydrogen-bond donors (Lipinski definition) is 2. The van der Waals surface area contributed by atoms with Crippen LogP contribution in [0.15, 0.2) is 0 Å². The summed E-state index contributed by atoms with van der Waals surface area (Å²) in [5, 5.41) is 12.5. The molecule has 4 heteroatoms. The van der Waals surface area contributed by atoms with Gasteiger partial charge in [-0.05, 0) is 32.2 Å². The zero-order chi connectivity index (χ0) is 11.3. The van der Waals surface area contributed by atoms with Crippen LogP contribution in [0, 0.1) is 5.92 Å². The lowest BCUT2D eigenvalue weighted by Crippen LogP contribution is -2.39. The van der Waals surface area contributed by atoms with E-state index in [0.717, 1.165) is 25.8 Å². The molecule has 15 heavy (non-hydrogen) atoms. The topological polar surface area (TPSA) is 52.6 Å². The van der Waals surface area contributed by atoms with Gasteiger partial charge in [0.1, 0.15) is 0 Å². The molecule has 0 aromatic heterocycles. The summed E-state index contributed by atoms with van der Waals surface area (Å²) in [7, 11) is 1.87. The van der Waals surface area contributed by atoms with Gasteiger partial charge in [0.2, 0.25) is 5.91 Å². The molecule has 1 saturated carbocycles. The Hall–Kier alpha value is -0.610. The zero-order valence-electron chi connectivity index (χ0n) is 9.70. The van der Waals surface area contributed by atoms with Crippen molar-refractivity contribution >= 4 is 5.91 Å². The number of aliphatic hydroxyl groups is 1. The Labute approximate surface area is 91.6 Å². The number of hydrogen-bond acceptors (Lipinski definition) is 3. The molecular formula is C11H22N2O2. The minimum Gasteiger partial charge on any atom is -0.392 e. The molecule has 1 atom stereocenters. The van der Waals surface area contributed by atoms with Gasteiger partial charge in [-0.25, -0.2) is 0 Å². The molecular weight excluding hydrogens is 192 g/mol. The Balaban J connectivity index is 2.10. The van der Waals surface area contributed by atoms with Crippen LogP contribution in [0.4, 0.5) is 0 Å². The number of amides is 1. The monoisotopic (exact) mass is 214 g/mol. The fourth-order valence-corrected chi connectivity index (χ4v) is 1.58. The van der Waals surface area contributed by atoms with Crippen LogP contribution < -0.4 is 5.32 Å². The summed E-state index contributed by atoms with van der Waals surface area (Å²) in [4.78, 5) is 13.2. The number of nitrogens with zero attached hydrogens (tertiary/aromatic N) is 1. The first kappa shape index (κ1) is 12.5. The molecule has 0 aromatic rings. The lowest BCUT2D eigenvalue weighted by atomic mass is 10.2. The fraction of sp³-hybridized carbons (Fsp3) is 0.909. The van der Waals surface area contributed by atoms with Gasteiger partial charge in [-0.1, -0.05) is 6.92 Å². The molecule has 1 amide bonds. The standard InChI is InChI=1S/C11H22N2O2/c1-3-6-12-11(15)8-13(2)7-10(14)9-4-5-9/h9-10,14H,3-8H2,1-2H3,(H,12,15). The zero-order valence-corrected chi connectivity index (χ0v) is 9.70. The van der Waals surface area contributed by atoms with E-state index in [1.165, 1.54) is 0 Å². The van der Waals surface area contributed by atoms with Crippen molar-refractivity contribution in [1.82, 2.24) is 10.2 Å². The van der Waals surface area contributed by atoms with Gasteiger partial charge in [0.15, 0.2) is 0 Å². The SMILES string of the molecule is CCCNC(=O)CN(C)CC(O)C1CC1. The summed E-state index contributed by atoms with van der Waals surface area (Å²) in [6.07, 6.45) is 2.97. The van der Waals surface area contributed by atoms with Crippen LogP contribution in [0.5, 0.6) is 0 Å². The van der Waals surface area contributed by atoms with E-state index in [0.29, 0.717) is 19.0 Å². The number of carbonyl (C=O) groups excluding carboxylic acids is 1. The van der Waals surface area contributed by atoms with E-state index in [-0.39, 0.29) is 12.0 Å². The first-order valence-corrected chi connectivity index (χ1v) is 5.76. The third-order valence-corrected chi connectivity index (χ3v) is 2.65. The molecule has 0 bridgehead atoms. The van der Waals surface area contributed by atoms with Gasteiger partial charge in [0, 0.05) is 13.1 Å². The van der Waals surface area contributed by atoms with Crippen LogP contribution in [0.1, 0.15) is 26.2 Å². The predicted molar refractivity (Wildman–Crippen MR) is 59.5 cm³/mol. The molecule has 2 N–H and O–H groups in total. The normalized spacial score (nSPS) is 17.9. The Morgan fingerprint density at radius 2 is 2.27 bits per heavy atom. The van der Waals surface area contributed by atoms with Crippen LogP contribution >= 0.6 is 0 Å². The Kier molecular flexibility index (Phi) is 5.05. The second kappa shape index (κ2) is 6.08. The van der Waals surface area contributed by atoms with Gasteiger partial charge in [-0.15, -0.1) is 0 Å². The van der Waals surface area contributed by atoms with Crippen molar-refractivity contribution in [2.75, 3.05) is 26.7 Å². The molecule has 1 aliphatic carbocycles. The molecule has 0 spiro atoms. The third kappa shape index (κ3) is 5.14. The van der Waals surface area contributed by atoms with Crippen LogP contribution in [0.2, 0.25) is 0 Å². The quantitative estimate of drug-likeness (QED) is 0.637. The maximum atomic E-state index is 11.3. The number of rotatable bonds is 7. The molecule has 88 valence electrons. The van der Waals surface area contributed by atoms with Crippen molar-refractivity contribution in [3.8, 4) is 0 Å². The molecule has 0 aliphatic heterocycles. The highest BCUT2D eigenvalue weighted by Crippen LogP contribution is 2.32. The summed E-state index contributed by atoms with van der Waals surface area (Å²) < 4.78 is 0. The summed E-state index contributed by atoms with van der Waals surface area (Å²) in [6, 6.07) is 0. The maximum absolute atomic E-state index is 11.3. The van der Waals surface area contributed by atoms with Gasteiger partial charge in [-0.3, -0.25) is 9.69 Å². The lowest BCUT2D eigenvalue weighted by molar-refractivity contribution is -0.122. The minimum absolute atomic E-state index is 0.0438. The minimum atomic E-state index is -0.256. The van der Waals surface area contributed by atoms with Gasteiger partial charge < -0.3 is 10.4 Å². The highest BCUT2D eigenvalue weighted by molar-refractivity contribution is 5.77. The van der Waals surface area contributed by atoms with E-state index in [4.69, 9.17) is 0 Å². The van der Waals surface area contributed by atoms with E-state index in [1.807, 2.05) is 18.9 Å². The van der Waals surface area contributed by atoms with Crippen molar-refractivity contribution < 1.29 is 9.90 Å². The van der Waals surface area contributed by atoms with Crippen molar-refractivity contribution in [2.24, 2.45) is 5.92 Å². The summed E-state index contributed by atoms with van der Waals surface area (Å²) in [5.74, 6) is 0.522. The summed E-state index contributed by atoms with van der Waals surface area (Å²) in [5.41, 5.74) is 0. The molecule has 0 radical (unpaired) electrons. The van der Waals surface area contributed by atoms with E-state index in [2.05, 4.69) is 5.32 Å². The molecule has 1 aliphatic rings. The fourth-order valence-electron chi connectivity index (χ4n) is 1.58. The molecule has 1 fully saturated rings. The largest absolute Gasteiger partial charge is 0.392 e. The number of carbonyl (C=O) groups is 1. The van der Waals surface area contributed by atoms with Crippen LogP contribution in [0.3, 0.4) is 0 Å². The first-order chi connectivity index (χ1) is 7.13. The molecule has 0 saturated heterocycles. The third-order valence-electron chi connectivity index (χ3n) is 2.65. The van der Waals surface area contributed by atoms with E-state index in [1.54, 1.807) is 0 Å². The molecule has 1 unspecified atom stereocenters. The van der Waals surface area contributed by atoms with Crippen LogP contribution in [-0.2, 0) is 4.79 Å². The molecule has 0 aromatic carbocycles. The predicted octanol–water partition coefficient (Wildman–Crippen LogP) is 0.215. The van der Waals surface area contributed by atoms with Crippen molar-refractivity contribution in [3.05, 3.63) is 0 Å². The maximum Gasteiger partial charge on any atom is 0.234 e. The summed E-state index contributed by atoms with van der Waals surface area (Å²) >= 11 is 0. The summed E-state index contributed by atoms with van der Waals surface area (Å²) in [6.45, 7) is 3.74. The average Bonchev–Trinajstić information content (AvgIpc) is 2.97. The smallest absolute Gasteiger partial charge is 0.234 e. The van der Waals surface area contributed by atoms with Crippen LogP contribution in [-0.4, -0.2) is 48.7 Å².